The van der Waals surface area contributed by atoms with E-state index in [2.05, 4.69) is 0 Å². The van der Waals surface area contributed by atoms with Crippen molar-refractivity contribution < 1.29 is 71.6 Å². The molecule has 4 amide bonds. The molecule has 0 bridgehead atoms. The van der Waals surface area contributed by atoms with Gasteiger partial charge in [-0.1, -0.05) is 128 Å². The Bertz CT molecular complexity index is 2420. The Balaban J connectivity index is 2.54. The number of benzene rings is 2. The molecule has 19 heteroatoms. The Morgan fingerprint density at radius 2 is 0.756 bits per heavy atom. The lowest BCUT2D eigenvalue weighted by molar-refractivity contribution is -0.175. The largest absolute Gasteiger partial charge is 0.463 e. The minimum Gasteiger partial charge on any atom is -0.463 e. The molecule has 2 aromatic carbocycles. The molecule has 2 aromatic rings. The van der Waals surface area contributed by atoms with Crippen molar-refractivity contribution in [2.24, 2.45) is 23.7 Å². The second-order valence-electron chi connectivity index (χ2n) is 24.4. The molecule has 0 N–H and O–H groups in total. The minimum atomic E-state index is -1.51. The highest BCUT2D eigenvalue weighted by Gasteiger charge is 2.42. The van der Waals surface area contributed by atoms with Crippen LogP contribution in [0.5, 0.6) is 0 Å². The molecular weight excluding hydrogens is 1050 g/mol. The molecule has 0 aliphatic heterocycles. The molecule has 82 heavy (non-hydrogen) atoms. The van der Waals surface area contributed by atoms with Crippen molar-refractivity contribution in [2.75, 3.05) is 34.8 Å². The topological polar surface area (TPSA) is 222 Å². The molecular formula is C63H98N4O15. The van der Waals surface area contributed by atoms with E-state index in [1.807, 2.05) is 100 Å². The second-order valence-corrected chi connectivity index (χ2v) is 24.4. The van der Waals surface area contributed by atoms with Gasteiger partial charge in [-0.15, -0.1) is 0 Å². The summed E-state index contributed by atoms with van der Waals surface area (Å²) in [5.74, 6) is -7.12. The van der Waals surface area contributed by atoms with E-state index >= 15 is 0 Å². The molecule has 0 aliphatic carbocycles. The fourth-order valence-electron chi connectivity index (χ4n) is 8.81. The minimum absolute atomic E-state index is 0.0669. The molecule has 0 fully saturated rings. The van der Waals surface area contributed by atoms with E-state index in [1.54, 1.807) is 45.0 Å². The van der Waals surface area contributed by atoms with Gasteiger partial charge in [0.1, 0.15) is 29.8 Å². The number of hydrogen-bond donors (Lipinski definition) is 0. The quantitative estimate of drug-likeness (QED) is 0.0390. The number of rotatable bonds is 31. The zero-order chi connectivity index (χ0) is 62.5. The van der Waals surface area contributed by atoms with Crippen LogP contribution >= 0.6 is 0 Å². The normalized spacial score (nSPS) is 14.5. The maximum atomic E-state index is 14.8. The zero-order valence-electron chi connectivity index (χ0n) is 52.8. The highest BCUT2D eigenvalue weighted by molar-refractivity contribution is 5.93. The van der Waals surface area contributed by atoms with E-state index in [-0.39, 0.29) is 68.8 Å². The first-order valence-electron chi connectivity index (χ1n) is 28.9. The van der Waals surface area contributed by atoms with Crippen LogP contribution < -0.4 is 0 Å². The van der Waals surface area contributed by atoms with Gasteiger partial charge in [-0.05, 0) is 115 Å². The monoisotopic (exact) mass is 1150 g/mol. The van der Waals surface area contributed by atoms with Gasteiger partial charge in [0.15, 0.2) is 24.4 Å². The highest BCUT2D eigenvalue weighted by Crippen LogP contribution is 2.24. The summed E-state index contributed by atoms with van der Waals surface area (Å²) in [5.41, 5.74) is 2.35. The molecule has 0 spiro atoms. The number of likely N-dealkylation sites (N-methyl/N-ethyl adjacent to an activating group) is 4. The van der Waals surface area contributed by atoms with Gasteiger partial charge in [-0.2, -0.15) is 0 Å². The van der Waals surface area contributed by atoms with Crippen molar-refractivity contribution in [3.63, 3.8) is 0 Å². The maximum absolute atomic E-state index is 14.8. The summed E-state index contributed by atoms with van der Waals surface area (Å²) in [7, 11) is 5.60. The van der Waals surface area contributed by atoms with Crippen molar-refractivity contribution in [1.29, 1.82) is 0 Å². The molecule has 2 rings (SSSR count). The van der Waals surface area contributed by atoms with Crippen molar-refractivity contribution in [3.05, 3.63) is 70.8 Å². The Labute approximate surface area is 488 Å². The lowest BCUT2D eigenvalue weighted by Gasteiger charge is -2.34. The van der Waals surface area contributed by atoms with E-state index in [4.69, 9.17) is 28.4 Å². The van der Waals surface area contributed by atoms with Crippen LogP contribution in [0.25, 0.3) is 0 Å². The summed E-state index contributed by atoms with van der Waals surface area (Å²) in [6, 6.07) is 9.67. The van der Waals surface area contributed by atoms with E-state index in [0.29, 0.717) is 17.5 Å². The third-order valence-electron chi connectivity index (χ3n) is 13.6. The average molecular weight is 1150 g/mol. The van der Waals surface area contributed by atoms with Gasteiger partial charge < -0.3 is 43.1 Å². The smallest absolute Gasteiger partial charge is 0.410 e. The Morgan fingerprint density at radius 1 is 0.439 bits per heavy atom. The Kier molecular flexibility index (Phi) is 29.3. The molecule has 460 valence electrons. The fraction of sp³-hybridized carbons (Fsp3) is 0.667. The predicted octanol–water partition coefficient (Wildman–Crippen LogP) is 9.02. The van der Waals surface area contributed by atoms with Crippen LogP contribution in [0.1, 0.15) is 158 Å². The molecule has 0 aromatic heterocycles. The molecule has 19 nitrogen and oxygen atoms in total. The van der Waals surface area contributed by atoms with Crippen LogP contribution in [-0.4, -0.2) is 162 Å². The average Bonchev–Trinajstić information content (AvgIpc) is 3.54. The molecule has 0 heterocycles. The van der Waals surface area contributed by atoms with Gasteiger partial charge >= 0.3 is 35.9 Å². The Morgan fingerprint density at radius 3 is 1.09 bits per heavy atom. The molecule has 0 saturated heterocycles. The third-order valence-corrected chi connectivity index (χ3v) is 13.6. The summed E-state index contributed by atoms with van der Waals surface area (Å²) in [6.45, 7) is 28.6. The number of unbranched alkanes of at least 4 members (excludes halogenated alkanes) is 1. The van der Waals surface area contributed by atoms with Crippen LogP contribution in [0.3, 0.4) is 0 Å². The summed E-state index contributed by atoms with van der Waals surface area (Å²) >= 11 is 0. The number of hydrogen-bond acceptors (Lipinski definition) is 15. The van der Waals surface area contributed by atoms with Gasteiger partial charge in [0.25, 0.3) is 17.7 Å². The van der Waals surface area contributed by atoms with Crippen LogP contribution in [-0.2, 0) is 79.6 Å². The molecule has 0 saturated carbocycles. The first-order valence-corrected chi connectivity index (χ1v) is 28.9. The molecule has 0 aliphatic rings. The lowest BCUT2D eigenvalue weighted by Crippen LogP contribution is -2.54. The predicted molar refractivity (Wildman–Crippen MR) is 312 cm³/mol. The number of esters is 5. The third kappa shape index (κ3) is 23.7. The van der Waals surface area contributed by atoms with Crippen molar-refractivity contribution in [3.8, 4) is 0 Å². The number of aryl methyl sites for hydroxylation is 2. The summed E-state index contributed by atoms with van der Waals surface area (Å²) < 4.78 is 34.5. The van der Waals surface area contributed by atoms with E-state index in [0.717, 1.165) is 37.1 Å². The number of nitrogens with zero attached hydrogens (tertiary/aromatic N) is 4. The molecule has 0 unspecified atom stereocenters. The number of ether oxygens (including phenoxy) is 6. The summed E-state index contributed by atoms with van der Waals surface area (Å²) in [6.07, 6.45) is -4.76. The summed E-state index contributed by atoms with van der Waals surface area (Å²) in [4.78, 5) is 132. The number of amides is 4. The van der Waals surface area contributed by atoms with Crippen molar-refractivity contribution in [2.45, 2.75) is 216 Å². The first-order chi connectivity index (χ1) is 38.1. The van der Waals surface area contributed by atoms with E-state index in [1.165, 1.54) is 42.0 Å². The number of carbonyl (C=O) groups is 9. The van der Waals surface area contributed by atoms with Crippen LogP contribution in [0.15, 0.2) is 48.5 Å². The lowest BCUT2D eigenvalue weighted by atomic mass is 10.00. The van der Waals surface area contributed by atoms with Crippen molar-refractivity contribution >= 4 is 53.7 Å². The first kappa shape index (κ1) is 71.6. The van der Waals surface area contributed by atoms with Crippen LogP contribution in [0.4, 0.5) is 4.79 Å². The standard InChI is InChI=1S/C63H98N4O15/c1-21-22-31-77-57(71)45(13)79-59(73)49(33-39(4)5)66(19)55(69)52(36-46-27-23-42(10)24-28-46)80-60(74)50(34-40(6)7)64(17)54(68)44(12)78-58(72)48(32-38(2)3)65(18)56(70)53(37-47-29-25-43(11)26-30-47)81-61(75)51(35-41(8)9)67(20)62(76)82-63(14,15)16/h23-30,38-41,44-45,48-53H,21-22,31-37H2,1-20H3/t44-,45-,48+,49+,50+,51+,52-,53-/m0/s1. The van der Waals surface area contributed by atoms with Crippen LogP contribution in [0.2, 0.25) is 0 Å². The van der Waals surface area contributed by atoms with E-state index in [9.17, 15) is 43.2 Å². The van der Waals surface area contributed by atoms with Crippen molar-refractivity contribution in [1.82, 2.24) is 19.6 Å². The maximum Gasteiger partial charge on any atom is 0.410 e. The van der Waals surface area contributed by atoms with E-state index < -0.39 is 108 Å². The van der Waals surface area contributed by atoms with Crippen LogP contribution in [0, 0.1) is 37.5 Å². The SMILES string of the molecule is CCCCOC(=O)[C@H](C)OC(=O)[C@@H](CC(C)C)N(C)C(=O)[C@H](Cc1ccc(C)cc1)OC(=O)[C@@H](CC(C)C)N(C)C(=O)[C@H](C)OC(=O)[C@@H](CC(C)C)N(C)C(=O)[C@H](Cc1ccc(C)cc1)OC(=O)[C@@H](CC(C)C)N(C)C(=O)OC(C)(C)C. The van der Waals surface area contributed by atoms with Gasteiger partial charge in [0.05, 0.1) is 6.61 Å². The van der Waals surface area contributed by atoms with Gasteiger partial charge in [-0.3, -0.25) is 19.3 Å². The molecule has 8 atom stereocenters. The highest BCUT2D eigenvalue weighted by atomic mass is 16.6. The van der Waals surface area contributed by atoms with Gasteiger partial charge in [-0.25, -0.2) is 28.8 Å². The number of carbonyl (C=O) groups excluding carboxylic acids is 9. The molecule has 0 radical (unpaired) electrons. The zero-order valence-corrected chi connectivity index (χ0v) is 52.8. The summed E-state index contributed by atoms with van der Waals surface area (Å²) in [5, 5.41) is 0. The Hall–Kier alpha value is -6.53. The second kappa shape index (κ2) is 33.5. The fourth-order valence-corrected chi connectivity index (χ4v) is 8.81. The van der Waals surface area contributed by atoms with Gasteiger partial charge in [0.2, 0.25) is 0 Å². The van der Waals surface area contributed by atoms with Gasteiger partial charge in [0, 0.05) is 41.0 Å².